The monoisotopic (exact) mass is 371 g/mol. The van der Waals surface area contributed by atoms with Crippen LogP contribution in [0.5, 0.6) is 0 Å². The van der Waals surface area contributed by atoms with E-state index in [4.69, 9.17) is 5.73 Å². The highest BCUT2D eigenvalue weighted by molar-refractivity contribution is 14.0. The maximum Gasteiger partial charge on any atom is 0.188 e. The number of halogens is 1. The second kappa shape index (κ2) is 7.53. The van der Waals surface area contributed by atoms with Gasteiger partial charge in [0.1, 0.15) is 0 Å². The van der Waals surface area contributed by atoms with Crippen molar-refractivity contribution in [1.82, 2.24) is 5.32 Å². The summed E-state index contributed by atoms with van der Waals surface area (Å²) in [5.41, 5.74) is 8.23. The molecule has 0 amide bonds. The Morgan fingerprint density at radius 2 is 2.11 bits per heavy atom. The SMILES string of the molecule is C=C(C)CN=C(N)NCC1CC1c1ccccc1.I. The minimum Gasteiger partial charge on any atom is -0.370 e. The Balaban J connectivity index is 0.00000180. The summed E-state index contributed by atoms with van der Waals surface area (Å²) in [6.07, 6.45) is 1.24. The molecule has 0 aliphatic heterocycles. The van der Waals surface area contributed by atoms with E-state index in [9.17, 15) is 0 Å². The molecule has 3 nitrogen and oxygen atoms in total. The average molecular weight is 371 g/mol. The Labute approximate surface area is 132 Å². The minimum absolute atomic E-state index is 0. The molecule has 19 heavy (non-hydrogen) atoms. The third kappa shape index (κ3) is 5.22. The lowest BCUT2D eigenvalue weighted by atomic mass is 10.1. The lowest BCUT2D eigenvalue weighted by Crippen LogP contribution is -2.33. The molecule has 0 spiro atoms. The molecule has 0 heterocycles. The van der Waals surface area contributed by atoms with E-state index in [0.717, 1.165) is 12.1 Å². The van der Waals surface area contributed by atoms with Crippen molar-refractivity contribution in [3.05, 3.63) is 48.0 Å². The third-order valence-corrected chi connectivity index (χ3v) is 3.22. The van der Waals surface area contributed by atoms with Gasteiger partial charge in [-0.3, -0.25) is 0 Å². The van der Waals surface area contributed by atoms with Crippen LogP contribution < -0.4 is 11.1 Å². The molecule has 0 saturated heterocycles. The summed E-state index contributed by atoms with van der Waals surface area (Å²) in [6.45, 7) is 7.25. The van der Waals surface area contributed by atoms with E-state index >= 15 is 0 Å². The summed E-state index contributed by atoms with van der Waals surface area (Å²) in [5, 5.41) is 3.19. The first-order chi connectivity index (χ1) is 8.66. The summed E-state index contributed by atoms with van der Waals surface area (Å²) in [5.74, 6) is 1.90. The number of benzene rings is 1. The predicted molar refractivity (Wildman–Crippen MR) is 92.0 cm³/mol. The van der Waals surface area contributed by atoms with Gasteiger partial charge in [-0.2, -0.15) is 0 Å². The fourth-order valence-corrected chi connectivity index (χ4v) is 2.09. The van der Waals surface area contributed by atoms with Crippen LogP contribution >= 0.6 is 24.0 Å². The first kappa shape index (κ1) is 16.0. The highest BCUT2D eigenvalue weighted by atomic mass is 127. The van der Waals surface area contributed by atoms with Crippen LogP contribution in [0, 0.1) is 5.92 Å². The van der Waals surface area contributed by atoms with Crippen LogP contribution in [0.2, 0.25) is 0 Å². The zero-order valence-electron chi connectivity index (χ0n) is 11.3. The molecule has 1 aromatic carbocycles. The lowest BCUT2D eigenvalue weighted by molar-refractivity contribution is 0.741. The maximum absolute atomic E-state index is 5.78. The number of hydrogen-bond donors (Lipinski definition) is 2. The summed E-state index contributed by atoms with van der Waals surface area (Å²) in [6, 6.07) is 10.6. The number of hydrogen-bond acceptors (Lipinski definition) is 1. The van der Waals surface area contributed by atoms with Crippen molar-refractivity contribution in [2.45, 2.75) is 19.3 Å². The second-order valence-electron chi connectivity index (χ2n) is 5.05. The molecule has 2 atom stereocenters. The van der Waals surface area contributed by atoms with Gasteiger partial charge in [0.05, 0.1) is 6.54 Å². The van der Waals surface area contributed by atoms with E-state index in [1.165, 1.54) is 12.0 Å². The summed E-state index contributed by atoms with van der Waals surface area (Å²) in [4.78, 5) is 4.20. The molecule has 3 N–H and O–H groups in total. The Bertz CT molecular complexity index is 442. The lowest BCUT2D eigenvalue weighted by Gasteiger charge is -2.05. The number of nitrogens with two attached hydrogens (primary N) is 1. The molecule has 0 bridgehead atoms. The highest BCUT2D eigenvalue weighted by Crippen LogP contribution is 2.46. The van der Waals surface area contributed by atoms with Gasteiger partial charge in [0, 0.05) is 6.54 Å². The van der Waals surface area contributed by atoms with Crippen LogP contribution in [0.1, 0.15) is 24.8 Å². The normalized spacial score (nSPS) is 21.4. The number of guanidine groups is 1. The van der Waals surface area contributed by atoms with Gasteiger partial charge in [-0.05, 0) is 30.7 Å². The van der Waals surface area contributed by atoms with Crippen LogP contribution in [0.3, 0.4) is 0 Å². The van der Waals surface area contributed by atoms with Crippen molar-refractivity contribution >= 4 is 29.9 Å². The largest absolute Gasteiger partial charge is 0.370 e. The Morgan fingerprint density at radius 1 is 1.42 bits per heavy atom. The molecule has 1 saturated carbocycles. The van der Waals surface area contributed by atoms with Gasteiger partial charge in [-0.15, -0.1) is 24.0 Å². The predicted octanol–water partition coefficient (Wildman–Crippen LogP) is 2.89. The van der Waals surface area contributed by atoms with Crippen molar-refractivity contribution in [2.75, 3.05) is 13.1 Å². The molecule has 2 rings (SSSR count). The zero-order chi connectivity index (χ0) is 13.0. The van der Waals surface area contributed by atoms with Gasteiger partial charge in [0.2, 0.25) is 0 Å². The van der Waals surface area contributed by atoms with Crippen LogP contribution in [0.4, 0.5) is 0 Å². The van der Waals surface area contributed by atoms with E-state index in [1.54, 1.807) is 0 Å². The van der Waals surface area contributed by atoms with E-state index in [1.807, 2.05) is 6.92 Å². The third-order valence-electron chi connectivity index (χ3n) is 3.22. The fraction of sp³-hybridized carbons (Fsp3) is 0.400. The fourth-order valence-electron chi connectivity index (χ4n) is 2.09. The molecule has 1 aliphatic carbocycles. The van der Waals surface area contributed by atoms with Crippen molar-refractivity contribution < 1.29 is 0 Å². The van der Waals surface area contributed by atoms with Crippen molar-refractivity contribution in [3.63, 3.8) is 0 Å². The zero-order valence-corrected chi connectivity index (χ0v) is 13.6. The highest BCUT2D eigenvalue weighted by Gasteiger charge is 2.37. The molecule has 1 aromatic rings. The number of aliphatic imine (C=N–C) groups is 1. The van der Waals surface area contributed by atoms with Crippen molar-refractivity contribution in [3.8, 4) is 0 Å². The van der Waals surface area contributed by atoms with Gasteiger partial charge in [0.25, 0.3) is 0 Å². The number of nitrogens with one attached hydrogen (secondary N) is 1. The van der Waals surface area contributed by atoms with Gasteiger partial charge in [-0.25, -0.2) is 4.99 Å². The average Bonchev–Trinajstić information content (AvgIpc) is 3.14. The van der Waals surface area contributed by atoms with Crippen LogP contribution in [-0.2, 0) is 0 Å². The molecule has 104 valence electrons. The van der Waals surface area contributed by atoms with Crippen molar-refractivity contribution in [2.24, 2.45) is 16.6 Å². The molecule has 0 aromatic heterocycles. The van der Waals surface area contributed by atoms with Crippen molar-refractivity contribution in [1.29, 1.82) is 0 Å². The Hall–Kier alpha value is -1.04. The first-order valence-electron chi connectivity index (χ1n) is 6.40. The van der Waals surface area contributed by atoms with E-state index in [-0.39, 0.29) is 24.0 Å². The van der Waals surface area contributed by atoms with Crippen LogP contribution in [0.25, 0.3) is 0 Å². The molecule has 4 heteroatoms. The van der Waals surface area contributed by atoms with E-state index in [2.05, 4.69) is 47.2 Å². The molecule has 1 fully saturated rings. The van der Waals surface area contributed by atoms with Gasteiger partial charge in [-0.1, -0.05) is 42.5 Å². The van der Waals surface area contributed by atoms with Crippen LogP contribution in [0.15, 0.2) is 47.5 Å². The van der Waals surface area contributed by atoms with Gasteiger partial charge < -0.3 is 11.1 Å². The summed E-state index contributed by atoms with van der Waals surface area (Å²) in [7, 11) is 0. The van der Waals surface area contributed by atoms with Gasteiger partial charge in [0.15, 0.2) is 5.96 Å². The quantitative estimate of drug-likeness (QED) is 0.362. The summed E-state index contributed by atoms with van der Waals surface area (Å²) < 4.78 is 0. The maximum atomic E-state index is 5.78. The molecular formula is C15H22IN3. The van der Waals surface area contributed by atoms with Gasteiger partial charge >= 0.3 is 0 Å². The minimum atomic E-state index is 0. The molecule has 2 unspecified atom stereocenters. The molecule has 1 aliphatic rings. The molecule has 0 radical (unpaired) electrons. The Kier molecular flexibility index (Phi) is 6.34. The van der Waals surface area contributed by atoms with E-state index < -0.39 is 0 Å². The topological polar surface area (TPSA) is 50.4 Å². The standard InChI is InChI=1S/C15H21N3.HI/c1-11(2)9-17-15(16)18-10-13-8-14(13)12-6-4-3-5-7-12;/h3-7,13-14H,1,8-10H2,2H3,(H3,16,17,18);1H. The Morgan fingerprint density at radius 3 is 2.74 bits per heavy atom. The number of nitrogens with zero attached hydrogens (tertiary/aromatic N) is 1. The van der Waals surface area contributed by atoms with Crippen LogP contribution in [-0.4, -0.2) is 19.0 Å². The van der Waals surface area contributed by atoms with E-state index in [0.29, 0.717) is 24.3 Å². The second-order valence-corrected chi connectivity index (χ2v) is 5.05. The first-order valence-corrected chi connectivity index (χ1v) is 6.40. The summed E-state index contributed by atoms with van der Waals surface area (Å²) >= 11 is 0. The smallest absolute Gasteiger partial charge is 0.188 e. The molecular weight excluding hydrogens is 349 g/mol. The number of rotatable bonds is 5.